The molecule has 1 aliphatic carbocycles. The number of nitrogens with one attached hydrogen (secondary N) is 1. The van der Waals surface area contributed by atoms with Gasteiger partial charge in [0.2, 0.25) is 0 Å². The Morgan fingerprint density at radius 1 is 1.13 bits per heavy atom. The molecule has 2 aromatic carbocycles. The maximum Gasteiger partial charge on any atom is 0.407 e. The summed E-state index contributed by atoms with van der Waals surface area (Å²) in [5, 5.41) is 3.08. The van der Waals surface area contributed by atoms with Crippen LogP contribution in [-0.4, -0.2) is 24.2 Å². The third kappa shape index (κ3) is 4.31. The fourth-order valence-corrected chi connectivity index (χ4v) is 3.80. The van der Waals surface area contributed by atoms with Crippen LogP contribution in [0.2, 0.25) is 5.15 Å². The molecule has 1 aromatic heterocycles. The molecule has 6 heteroatoms. The number of carbonyl (C=O) groups excluding carboxylic acids is 1. The lowest BCUT2D eigenvalue weighted by Gasteiger charge is -2.14. The molecule has 0 bridgehead atoms. The minimum Gasteiger partial charge on any atom is -0.449 e. The number of amides is 1. The lowest BCUT2D eigenvalue weighted by Crippen LogP contribution is -2.26. The number of pyridine rings is 1. The van der Waals surface area contributed by atoms with Crippen LogP contribution in [0.25, 0.3) is 17.2 Å². The quantitative estimate of drug-likeness (QED) is 0.422. The van der Waals surface area contributed by atoms with E-state index in [1.807, 2.05) is 36.4 Å². The van der Waals surface area contributed by atoms with Gasteiger partial charge in [0.15, 0.2) is 5.15 Å². The molecule has 4 rings (SSSR count). The van der Waals surface area contributed by atoms with Gasteiger partial charge in [0, 0.05) is 18.7 Å². The van der Waals surface area contributed by atoms with Gasteiger partial charge in [-0.25, -0.2) is 9.78 Å². The number of anilines is 1. The average molecular weight is 420 g/mol. The van der Waals surface area contributed by atoms with E-state index in [2.05, 4.69) is 34.6 Å². The van der Waals surface area contributed by atoms with Crippen LogP contribution in [0.3, 0.4) is 0 Å². The molecule has 0 unspecified atom stereocenters. The van der Waals surface area contributed by atoms with Crippen molar-refractivity contribution in [3.05, 3.63) is 88.7 Å². The van der Waals surface area contributed by atoms with Gasteiger partial charge < -0.3 is 15.8 Å². The number of halogens is 1. The van der Waals surface area contributed by atoms with Gasteiger partial charge in [-0.15, -0.1) is 0 Å². The van der Waals surface area contributed by atoms with Crippen molar-refractivity contribution in [3.8, 4) is 11.1 Å². The monoisotopic (exact) mass is 419 g/mol. The van der Waals surface area contributed by atoms with Gasteiger partial charge in [-0.1, -0.05) is 72.3 Å². The fourth-order valence-electron chi connectivity index (χ4n) is 3.70. The molecule has 3 N–H and O–H groups in total. The molecule has 1 amide bonds. The molecule has 0 spiro atoms. The van der Waals surface area contributed by atoms with E-state index in [4.69, 9.17) is 22.1 Å². The zero-order valence-electron chi connectivity index (χ0n) is 16.3. The van der Waals surface area contributed by atoms with Crippen molar-refractivity contribution in [1.82, 2.24) is 10.3 Å². The maximum atomic E-state index is 12.1. The van der Waals surface area contributed by atoms with Crippen LogP contribution in [0.1, 0.15) is 29.0 Å². The maximum absolute atomic E-state index is 12.1. The van der Waals surface area contributed by atoms with Crippen molar-refractivity contribution >= 4 is 29.5 Å². The number of ether oxygens (including phenoxy) is 1. The standard InChI is InChI=1S/C24H22ClN3O2/c25-23-22(26)13-16(14-28-23)7-5-6-12-27-24(29)30-15-21-19-10-3-1-8-17(19)18-9-2-4-11-20(18)21/h1-5,7-11,13-14,21H,6,12,15,26H2,(H,27,29). The van der Waals surface area contributed by atoms with Gasteiger partial charge in [0.1, 0.15) is 6.61 Å². The van der Waals surface area contributed by atoms with E-state index in [0.29, 0.717) is 30.4 Å². The molecule has 0 saturated carbocycles. The molecule has 0 atom stereocenters. The van der Waals surface area contributed by atoms with Crippen LogP contribution in [0.15, 0.2) is 66.9 Å². The van der Waals surface area contributed by atoms with Crippen LogP contribution in [0, 0.1) is 0 Å². The van der Waals surface area contributed by atoms with Gasteiger partial charge in [-0.2, -0.15) is 0 Å². The van der Waals surface area contributed by atoms with Crippen molar-refractivity contribution in [2.75, 3.05) is 18.9 Å². The summed E-state index contributed by atoms with van der Waals surface area (Å²) in [5.74, 6) is 0.0610. The summed E-state index contributed by atoms with van der Waals surface area (Å²) >= 11 is 5.81. The Hall–Kier alpha value is -3.31. The molecule has 3 aromatic rings. The number of aromatic nitrogens is 1. The van der Waals surface area contributed by atoms with Crippen molar-refractivity contribution in [2.45, 2.75) is 12.3 Å². The average Bonchev–Trinajstić information content (AvgIpc) is 3.08. The molecule has 152 valence electrons. The highest BCUT2D eigenvalue weighted by atomic mass is 35.5. The summed E-state index contributed by atoms with van der Waals surface area (Å²) in [6.45, 7) is 0.787. The second-order valence-corrected chi connectivity index (χ2v) is 7.45. The number of nitrogens with zero attached hydrogens (tertiary/aromatic N) is 1. The minimum atomic E-state index is -0.414. The van der Waals surface area contributed by atoms with E-state index < -0.39 is 6.09 Å². The van der Waals surface area contributed by atoms with Crippen LogP contribution >= 0.6 is 11.6 Å². The van der Waals surface area contributed by atoms with E-state index in [-0.39, 0.29) is 5.92 Å². The number of nitrogen functional groups attached to an aromatic ring is 1. The highest BCUT2D eigenvalue weighted by Crippen LogP contribution is 2.44. The first-order chi connectivity index (χ1) is 14.6. The molecule has 0 fully saturated rings. The Bertz CT molecular complexity index is 1050. The van der Waals surface area contributed by atoms with E-state index >= 15 is 0 Å². The fraction of sp³-hybridized carbons (Fsp3) is 0.167. The second kappa shape index (κ2) is 9.01. The van der Waals surface area contributed by atoms with Gasteiger partial charge in [0.25, 0.3) is 0 Å². The largest absolute Gasteiger partial charge is 0.449 e. The normalized spacial score (nSPS) is 12.6. The van der Waals surface area contributed by atoms with Crippen LogP contribution in [-0.2, 0) is 4.74 Å². The first-order valence-corrected chi connectivity index (χ1v) is 10.2. The number of hydrogen-bond acceptors (Lipinski definition) is 4. The van der Waals surface area contributed by atoms with E-state index in [9.17, 15) is 4.79 Å². The van der Waals surface area contributed by atoms with Crippen molar-refractivity contribution in [1.29, 1.82) is 0 Å². The smallest absolute Gasteiger partial charge is 0.407 e. The summed E-state index contributed by atoms with van der Waals surface area (Å²) in [6.07, 6.45) is 5.72. The summed E-state index contributed by atoms with van der Waals surface area (Å²) in [4.78, 5) is 16.1. The first kappa shape index (κ1) is 20.0. The Morgan fingerprint density at radius 2 is 1.80 bits per heavy atom. The highest BCUT2D eigenvalue weighted by Gasteiger charge is 2.28. The van der Waals surface area contributed by atoms with Crippen molar-refractivity contribution < 1.29 is 9.53 Å². The van der Waals surface area contributed by atoms with E-state index in [1.165, 1.54) is 22.3 Å². The minimum absolute atomic E-state index is 0.0610. The Balaban J connectivity index is 1.27. The molecule has 0 aliphatic heterocycles. The third-order valence-corrected chi connectivity index (χ3v) is 5.44. The summed E-state index contributed by atoms with van der Waals surface area (Å²) in [5.41, 5.74) is 11.9. The number of nitrogens with two attached hydrogens (primary N) is 1. The van der Waals surface area contributed by atoms with Gasteiger partial charge in [-0.3, -0.25) is 0 Å². The van der Waals surface area contributed by atoms with Gasteiger partial charge in [-0.05, 0) is 40.3 Å². The second-order valence-electron chi connectivity index (χ2n) is 7.09. The Labute approximate surface area is 180 Å². The number of hydrogen-bond donors (Lipinski definition) is 2. The van der Waals surface area contributed by atoms with Crippen LogP contribution in [0.5, 0.6) is 0 Å². The summed E-state index contributed by atoms with van der Waals surface area (Å²) in [7, 11) is 0. The SMILES string of the molecule is Nc1cc(C=CCCNC(=O)OCC2c3ccccc3-c3ccccc32)cnc1Cl. The first-order valence-electron chi connectivity index (χ1n) is 9.80. The molecule has 0 saturated heterocycles. The predicted octanol–water partition coefficient (Wildman–Crippen LogP) is 5.26. The molecule has 30 heavy (non-hydrogen) atoms. The summed E-state index contributed by atoms with van der Waals surface area (Å²) < 4.78 is 5.52. The molecule has 1 heterocycles. The third-order valence-electron chi connectivity index (χ3n) is 5.12. The van der Waals surface area contributed by atoms with Crippen molar-refractivity contribution in [3.63, 3.8) is 0 Å². The number of rotatable bonds is 6. The van der Waals surface area contributed by atoms with Gasteiger partial charge in [0.05, 0.1) is 5.69 Å². The van der Waals surface area contributed by atoms with Crippen LogP contribution in [0.4, 0.5) is 10.5 Å². The molecule has 5 nitrogen and oxygen atoms in total. The number of alkyl carbamates (subject to hydrolysis) is 1. The zero-order valence-corrected chi connectivity index (χ0v) is 17.1. The van der Waals surface area contributed by atoms with Crippen LogP contribution < -0.4 is 11.1 Å². The van der Waals surface area contributed by atoms with Crippen molar-refractivity contribution in [2.24, 2.45) is 0 Å². The Kier molecular flexibility index (Phi) is 6.00. The molecular formula is C24H22ClN3O2. The predicted molar refractivity (Wildman–Crippen MR) is 120 cm³/mol. The lowest BCUT2D eigenvalue weighted by molar-refractivity contribution is 0.143. The van der Waals surface area contributed by atoms with Gasteiger partial charge >= 0.3 is 6.09 Å². The molecular weight excluding hydrogens is 398 g/mol. The number of fused-ring (bicyclic) bond motifs is 3. The Morgan fingerprint density at radius 3 is 2.47 bits per heavy atom. The van der Waals surface area contributed by atoms with E-state index in [0.717, 1.165) is 5.56 Å². The number of carbonyl (C=O) groups is 1. The molecule has 0 radical (unpaired) electrons. The lowest BCUT2D eigenvalue weighted by atomic mass is 9.98. The highest BCUT2D eigenvalue weighted by molar-refractivity contribution is 6.31. The zero-order chi connectivity index (χ0) is 20.9. The topological polar surface area (TPSA) is 77.2 Å². The van der Waals surface area contributed by atoms with E-state index in [1.54, 1.807) is 12.3 Å². The number of benzene rings is 2. The molecule has 1 aliphatic rings. The summed E-state index contributed by atoms with van der Waals surface area (Å²) in [6, 6.07) is 18.3.